The van der Waals surface area contributed by atoms with Crippen molar-refractivity contribution in [3.05, 3.63) is 52.8 Å². The SMILES string of the molecule is CNC(=O)c1cc(C(=O)NC2CC2)nn1Cc1cccc(C)c1. The molecule has 2 aromatic rings. The van der Waals surface area contributed by atoms with Crippen LogP contribution in [-0.4, -0.2) is 34.7 Å². The lowest BCUT2D eigenvalue weighted by Gasteiger charge is -2.07. The second-order valence-electron chi connectivity index (χ2n) is 5.89. The lowest BCUT2D eigenvalue weighted by Crippen LogP contribution is -2.25. The van der Waals surface area contributed by atoms with E-state index in [1.807, 2.05) is 31.2 Å². The van der Waals surface area contributed by atoms with E-state index in [4.69, 9.17) is 0 Å². The van der Waals surface area contributed by atoms with Gasteiger partial charge in [0.25, 0.3) is 11.8 Å². The van der Waals surface area contributed by atoms with Crippen molar-refractivity contribution in [3.8, 4) is 0 Å². The van der Waals surface area contributed by atoms with E-state index in [1.165, 1.54) is 0 Å². The van der Waals surface area contributed by atoms with Gasteiger partial charge in [0.15, 0.2) is 5.69 Å². The van der Waals surface area contributed by atoms with Gasteiger partial charge in [-0.15, -0.1) is 0 Å². The summed E-state index contributed by atoms with van der Waals surface area (Å²) in [5, 5.41) is 9.82. The van der Waals surface area contributed by atoms with E-state index in [0.29, 0.717) is 12.2 Å². The molecule has 0 atom stereocenters. The van der Waals surface area contributed by atoms with Crippen molar-refractivity contribution in [2.45, 2.75) is 32.4 Å². The summed E-state index contributed by atoms with van der Waals surface area (Å²) in [7, 11) is 1.57. The number of nitrogens with zero attached hydrogens (tertiary/aromatic N) is 2. The molecule has 1 aliphatic rings. The lowest BCUT2D eigenvalue weighted by molar-refractivity contribution is 0.0940. The van der Waals surface area contributed by atoms with E-state index in [0.717, 1.165) is 24.0 Å². The fraction of sp³-hybridized carbons (Fsp3) is 0.353. The van der Waals surface area contributed by atoms with E-state index in [2.05, 4.69) is 15.7 Å². The molecule has 1 aliphatic carbocycles. The second-order valence-corrected chi connectivity index (χ2v) is 5.89. The highest BCUT2D eigenvalue weighted by molar-refractivity contribution is 5.98. The summed E-state index contributed by atoms with van der Waals surface area (Å²) >= 11 is 0. The molecule has 1 heterocycles. The highest BCUT2D eigenvalue weighted by Gasteiger charge is 2.26. The van der Waals surface area contributed by atoms with Gasteiger partial charge in [0.1, 0.15) is 5.69 Å². The molecular weight excluding hydrogens is 292 g/mol. The fourth-order valence-electron chi connectivity index (χ4n) is 2.43. The summed E-state index contributed by atoms with van der Waals surface area (Å²) in [6.45, 7) is 2.46. The Morgan fingerprint density at radius 1 is 1.26 bits per heavy atom. The number of hydrogen-bond acceptors (Lipinski definition) is 3. The molecule has 0 spiro atoms. The van der Waals surface area contributed by atoms with Crippen LogP contribution >= 0.6 is 0 Å². The third kappa shape index (κ3) is 3.59. The van der Waals surface area contributed by atoms with E-state index in [-0.39, 0.29) is 23.6 Å². The number of nitrogens with one attached hydrogen (secondary N) is 2. The first kappa shape index (κ1) is 15.3. The van der Waals surface area contributed by atoms with Crippen LogP contribution in [0.2, 0.25) is 0 Å². The predicted octanol–water partition coefficient (Wildman–Crippen LogP) is 1.49. The highest BCUT2D eigenvalue weighted by atomic mass is 16.2. The van der Waals surface area contributed by atoms with Crippen molar-refractivity contribution in [2.75, 3.05) is 7.05 Å². The van der Waals surface area contributed by atoms with Gasteiger partial charge in [-0.1, -0.05) is 29.8 Å². The van der Waals surface area contributed by atoms with Crippen molar-refractivity contribution in [3.63, 3.8) is 0 Å². The van der Waals surface area contributed by atoms with Gasteiger partial charge in [-0.2, -0.15) is 5.10 Å². The number of carbonyl (C=O) groups is 2. The first-order valence-electron chi connectivity index (χ1n) is 7.73. The molecule has 1 saturated carbocycles. The minimum Gasteiger partial charge on any atom is -0.354 e. The van der Waals surface area contributed by atoms with Crippen molar-refractivity contribution in [1.29, 1.82) is 0 Å². The number of aromatic nitrogens is 2. The Labute approximate surface area is 134 Å². The van der Waals surface area contributed by atoms with Gasteiger partial charge in [-0.05, 0) is 25.3 Å². The molecule has 2 amide bonds. The largest absolute Gasteiger partial charge is 0.354 e. The summed E-state index contributed by atoms with van der Waals surface area (Å²) < 4.78 is 1.58. The van der Waals surface area contributed by atoms with Crippen molar-refractivity contribution in [2.24, 2.45) is 0 Å². The summed E-state index contributed by atoms with van der Waals surface area (Å²) in [5.41, 5.74) is 2.84. The van der Waals surface area contributed by atoms with Crippen LogP contribution in [0.25, 0.3) is 0 Å². The van der Waals surface area contributed by atoms with Gasteiger partial charge in [-0.3, -0.25) is 14.3 Å². The number of amides is 2. The Morgan fingerprint density at radius 2 is 2.04 bits per heavy atom. The highest BCUT2D eigenvalue weighted by Crippen LogP contribution is 2.19. The molecule has 0 unspecified atom stereocenters. The Hall–Kier alpha value is -2.63. The van der Waals surface area contributed by atoms with Crippen LogP contribution in [0, 0.1) is 6.92 Å². The summed E-state index contributed by atoms with van der Waals surface area (Å²) in [6, 6.07) is 9.81. The van der Waals surface area contributed by atoms with Gasteiger partial charge in [-0.25, -0.2) is 0 Å². The average molecular weight is 312 g/mol. The first-order valence-corrected chi connectivity index (χ1v) is 7.73. The van der Waals surface area contributed by atoms with Crippen LogP contribution in [0.3, 0.4) is 0 Å². The predicted molar refractivity (Wildman–Crippen MR) is 86.4 cm³/mol. The summed E-state index contributed by atoms with van der Waals surface area (Å²) in [4.78, 5) is 24.2. The summed E-state index contributed by atoms with van der Waals surface area (Å²) in [5.74, 6) is -0.476. The molecule has 1 aromatic heterocycles. The summed E-state index contributed by atoms with van der Waals surface area (Å²) in [6.07, 6.45) is 2.02. The van der Waals surface area contributed by atoms with Crippen LogP contribution in [0.1, 0.15) is 44.9 Å². The number of benzene rings is 1. The topological polar surface area (TPSA) is 76.0 Å². The van der Waals surface area contributed by atoms with Crippen molar-refractivity contribution < 1.29 is 9.59 Å². The van der Waals surface area contributed by atoms with Gasteiger partial charge in [0.2, 0.25) is 0 Å². The van der Waals surface area contributed by atoms with E-state index in [1.54, 1.807) is 17.8 Å². The molecule has 0 bridgehead atoms. The van der Waals surface area contributed by atoms with Gasteiger partial charge in [0.05, 0.1) is 6.54 Å². The average Bonchev–Trinajstić information content (AvgIpc) is 3.24. The molecular formula is C17H20N4O2. The Kier molecular flexibility index (Phi) is 4.14. The quantitative estimate of drug-likeness (QED) is 0.878. The van der Waals surface area contributed by atoms with Crippen LogP contribution < -0.4 is 10.6 Å². The molecule has 0 saturated heterocycles. The minimum absolute atomic E-state index is 0.222. The zero-order chi connectivity index (χ0) is 16.4. The van der Waals surface area contributed by atoms with Crippen molar-refractivity contribution >= 4 is 11.8 Å². The molecule has 1 fully saturated rings. The molecule has 6 nitrogen and oxygen atoms in total. The molecule has 0 aliphatic heterocycles. The van der Waals surface area contributed by atoms with Gasteiger partial charge in [0, 0.05) is 19.2 Å². The Morgan fingerprint density at radius 3 is 2.70 bits per heavy atom. The third-order valence-corrected chi connectivity index (χ3v) is 3.80. The molecule has 3 rings (SSSR count). The molecule has 23 heavy (non-hydrogen) atoms. The zero-order valence-electron chi connectivity index (χ0n) is 13.3. The number of hydrogen-bond donors (Lipinski definition) is 2. The normalized spacial score (nSPS) is 13.7. The standard InChI is InChI=1S/C17H20N4O2/c1-11-4-3-5-12(8-11)10-21-15(17(23)18-2)9-14(20-21)16(22)19-13-6-7-13/h3-5,8-9,13H,6-7,10H2,1-2H3,(H,18,23)(H,19,22). The molecule has 6 heteroatoms. The third-order valence-electron chi connectivity index (χ3n) is 3.80. The lowest BCUT2D eigenvalue weighted by atomic mass is 10.1. The monoisotopic (exact) mass is 312 g/mol. The maximum absolute atomic E-state index is 12.2. The number of rotatable bonds is 5. The maximum Gasteiger partial charge on any atom is 0.272 e. The van der Waals surface area contributed by atoms with Crippen LogP contribution in [-0.2, 0) is 6.54 Å². The smallest absolute Gasteiger partial charge is 0.272 e. The van der Waals surface area contributed by atoms with Crippen LogP contribution in [0.5, 0.6) is 0 Å². The van der Waals surface area contributed by atoms with E-state index in [9.17, 15) is 9.59 Å². The van der Waals surface area contributed by atoms with Gasteiger partial charge >= 0.3 is 0 Å². The van der Waals surface area contributed by atoms with Gasteiger partial charge < -0.3 is 10.6 Å². The fourth-order valence-corrected chi connectivity index (χ4v) is 2.43. The number of aryl methyl sites for hydroxylation is 1. The maximum atomic E-state index is 12.2. The van der Waals surface area contributed by atoms with E-state index < -0.39 is 0 Å². The minimum atomic E-state index is -0.254. The number of carbonyl (C=O) groups excluding carboxylic acids is 2. The molecule has 0 radical (unpaired) electrons. The molecule has 1 aromatic carbocycles. The molecule has 120 valence electrons. The Balaban J connectivity index is 1.88. The van der Waals surface area contributed by atoms with Crippen LogP contribution in [0.4, 0.5) is 0 Å². The Bertz CT molecular complexity index is 747. The zero-order valence-corrected chi connectivity index (χ0v) is 13.3. The molecule has 2 N–H and O–H groups in total. The first-order chi connectivity index (χ1) is 11.1. The van der Waals surface area contributed by atoms with Crippen LogP contribution in [0.15, 0.2) is 30.3 Å². The van der Waals surface area contributed by atoms with E-state index >= 15 is 0 Å². The second kappa shape index (κ2) is 6.24. The van der Waals surface area contributed by atoms with Crippen molar-refractivity contribution in [1.82, 2.24) is 20.4 Å².